The molecule has 1 atom stereocenters. The van der Waals surface area contributed by atoms with E-state index in [1.54, 1.807) is 0 Å². The lowest BCUT2D eigenvalue weighted by Gasteiger charge is -2.23. The van der Waals surface area contributed by atoms with Crippen molar-refractivity contribution in [1.29, 1.82) is 0 Å². The second kappa shape index (κ2) is 6.21. The number of nitrogens with zero attached hydrogens (tertiary/aromatic N) is 1. The Labute approximate surface area is 112 Å². The molecule has 0 amide bonds. The topological polar surface area (TPSA) is 40.5 Å². The quantitative estimate of drug-likeness (QED) is 0.892. The Balaban J connectivity index is 1.93. The van der Waals surface area contributed by atoms with Gasteiger partial charge in [0.1, 0.15) is 6.04 Å². The summed E-state index contributed by atoms with van der Waals surface area (Å²) in [5.41, 5.74) is 1.14. The molecule has 3 nitrogen and oxygen atoms in total. The number of carboxylic acids is 1. The average molecular weight is 268 g/mol. The van der Waals surface area contributed by atoms with Crippen molar-refractivity contribution in [1.82, 2.24) is 4.90 Å². The molecule has 98 valence electrons. The molecule has 0 radical (unpaired) electrons. The van der Waals surface area contributed by atoms with E-state index in [1.165, 1.54) is 0 Å². The summed E-state index contributed by atoms with van der Waals surface area (Å²) in [4.78, 5) is 13.4. The van der Waals surface area contributed by atoms with Gasteiger partial charge in [-0.1, -0.05) is 23.7 Å². The van der Waals surface area contributed by atoms with Crippen molar-refractivity contribution in [2.45, 2.75) is 31.7 Å². The molecule has 18 heavy (non-hydrogen) atoms. The summed E-state index contributed by atoms with van der Waals surface area (Å²) in [5, 5.41) is 10.0. The lowest BCUT2D eigenvalue weighted by molar-refractivity contribution is -0.143. The van der Waals surface area contributed by atoms with Gasteiger partial charge in [0.15, 0.2) is 0 Å². The third-order valence-corrected chi connectivity index (χ3v) is 3.74. The van der Waals surface area contributed by atoms with Crippen molar-refractivity contribution in [3.63, 3.8) is 0 Å². The second-order valence-electron chi connectivity index (χ2n) is 4.76. The first-order valence-corrected chi connectivity index (χ1v) is 6.76. The second-order valence-corrected chi connectivity index (χ2v) is 5.20. The summed E-state index contributed by atoms with van der Waals surface area (Å²) >= 11 is 5.83. The molecule has 1 N–H and O–H groups in total. The Kier molecular flexibility index (Phi) is 4.61. The minimum atomic E-state index is -0.703. The van der Waals surface area contributed by atoms with E-state index >= 15 is 0 Å². The third kappa shape index (κ3) is 3.47. The molecular formula is C14H18ClNO2. The van der Waals surface area contributed by atoms with Crippen LogP contribution in [0.15, 0.2) is 24.3 Å². The summed E-state index contributed by atoms with van der Waals surface area (Å²) in [6.07, 6.45) is 3.68. The lowest BCUT2D eigenvalue weighted by atomic mass is 10.0. The van der Waals surface area contributed by atoms with Crippen LogP contribution in [0.4, 0.5) is 0 Å². The van der Waals surface area contributed by atoms with Gasteiger partial charge in [0.25, 0.3) is 0 Å². The lowest BCUT2D eigenvalue weighted by Crippen LogP contribution is -2.39. The Morgan fingerprint density at radius 2 is 1.89 bits per heavy atom. The van der Waals surface area contributed by atoms with Crippen molar-refractivity contribution in [2.24, 2.45) is 0 Å². The number of benzene rings is 1. The third-order valence-electron chi connectivity index (χ3n) is 3.49. The molecule has 0 saturated carbocycles. The molecule has 0 bridgehead atoms. The molecule has 4 heteroatoms. The minimum absolute atomic E-state index is 0.344. The molecule has 1 aromatic rings. The Bertz CT molecular complexity index is 399. The number of aryl methyl sites for hydroxylation is 1. The van der Waals surface area contributed by atoms with Crippen LogP contribution < -0.4 is 0 Å². The standard InChI is InChI=1S/C14H18ClNO2/c15-12-6-3-11(4-7-12)5-8-13(14(17)18)16-9-1-2-10-16/h3-4,6-7,13H,1-2,5,8-10H2,(H,17,18). The Hall–Kier alpha value is -1.06. The molecule has 1 aliphatic heterocycles. The maximum absolute atomic E-state index is 11.3. The highest BCUT2D eigenvalue weighted by atomic mass is 35.5. The summed E-state index contributed by atoms with van der Waals surface area (Å²) < 4.78 is 0. The zero-order chi connectivity index (χ0) is 13.0. The summed E-state index contributed by atoms with van der Waals surface area (Å²) in [6, 6.07) is 7.28. The minimum Gasteiger partial charge on any atom is -0.480 e. The van der Waals surface area contributed by atoms with Crippen molar-refractivity contribution in [3.8, 4) is 0 Å². The highest BCUT2D eigenvalue weighted by molar-refractivity contribution is 6.30. The first-order valence-electron chi connectivity index (χ1n) is 6.38. The maximum Gasteiger partial charge on any atom is 0.320 e. The van der Waals surface area contributed by atoms with E-state index in [9.17, 15) is 9.90 Å². The first-order chi connectivity index (χ1) is 8.66. The van der Waals surface area contributed by atoms with Gasteiger partial charge in [0, 0.05) is 5.02 Å². The Morgan fingerprint density at radius 1 is 1.28 bits per heavy atom. The maximum atomic E-state index is 11.3. The van der Waals surface area contributed by atoms with E-state index in [1.807, 2.05) is 24.3 Å². The molecule has 1 aliphatic rings. The molecule has 1 unspecified atom stereocenters. The van der Waals surface area contributed by atoms with Crippen molar-refractivity contribution in [2.75, 3.05) is 13.1 Å². The van der Waals surface area contributed by atoms with Gasteiger partial charge >= 0.3 is 5.97 Å². The predicted molar refractivity (Wildman–Crippen MR) is 72.0 cm³/mol. The van der Waals surface area contributed by atoms with Crippen molar-refractivity contribution >= 4 is 17.6 Å². The SMILES string of the molecule is O=C(O)C(CCc1ccc(Cl)cc1)N1CCCC1. The van der Waals surface area contributed by atoms with E-state index in [0.29, 0.717) is 11.4 Å². The van der Waals surface area contributed by atoms with Crippen LogP contribution in [0.5, 0.6) is 0 Å². The molecular weight excluding hydrogens is 250 g/mol. The monoisotopic (exact) mass is 267 g/mol. The van der Waals surface area contributed by atoms with Gasteiger partial charge in [0.2, 0.25) is 0 Å². The number of likely N-dealkylation sites (tertiary alicyclic amines) is 1. The van der Waals surface area contributed by atoms with Crippen LogP contribution in [0.3, 0.4) is 0 Å². The highest BCUT2D eigenvalue weighted by Crippen LogP contribution is 2.17. The van der Waals surface area contributed by atoms with Gasteiger partial charge in [-0.15, -0.1) is 0 Å². The van der Waals surface area contributed by atoms with Crippen LogP contribution in [0.25, 0.3) is 0 Å². The van der Waals surface area contributed by atoms with Crippen LogP contribution in [-0.4, -0.2) is 35.1 Å². The molecule has 1 aromatic carbocycles. The molecule has 1 heterocycles. The fraction of sp³-hybridized carbons (Fsp3) is 0.500. The molecule has 1 saturated heterocycles. The van der Waals surface area contributed by atoms with Crippen molar-refractivity contribution in [3.05, 3.63) is 34.9 Å². The zero-order valence-corrected chi connectivity index (χ0v) is 11.1. The average Bonchev–Trinajstić information content (AvgIpc) is 2.85. The van der Waals surface area contributed by atoms with Gasteiger partial charge < -0.3 is 5.11 Å². The van der Waals surface area contributed by atoms with Crippen LogP contribution in [0.1, 0.15) is 24.8 Å². The number of hydrogen-bond acceptors (Lipinski definition) is 2. The zero-order valence-electron chi connectivity index (χ0n) is 10.3. The number of carbonyl (C=O) groups is 1. The number of aliphatic carboxylic acids is 1. The molecule has 2 rings (SSSR count). The number of halogens is 1. The normalized spacial score (nSPS) is 17.8. The Morgan fingerprint density at radius 3 is 2.44 bits per heavy atom. The molecule has 0 aromatic heterocycles. The summed E-state index contributed by atoms with van der Waals surface area (Å²) in [6.45, 7) is 1.83. The van der Waals surface area contributed by atoms with Crippen LogP contribution in [0, 0.1) is 0 Å². The van der Waals surface area contributed by atoms with Crippen molar-refractivity contribution < 1.29 is 9.90 Å². The van der Waals surface area contributed by atoms with Gasteiger partial charge in [0.05, 0.1) is 0 Å². The van der Waals surface area contributed by atoms with Gasteiger partial charge in [-0.2, -0.15) is 0 Å². The number of hydrogen-bond donors (Lipinski definition) is 1. The van der Waals surface area contributed by atoms with Crippen LogP contribution in [0.2, 0.25) is 5.02 Å². The van der Waals surface area contributed by atoms with E-state index in [0.717, 1.165) is 37.9 Å². The number of carboxylic acid groups (broad SMARTS) is 1. The largest absolute Gasteiger partial charge is 0.480 e. The van der Waals surface area contributed by atoms with Gasteiger partial charge in [-0.05, 0) is 56.5 Å². The van der Waals surface area contributed by atoms with Crippen LogP contribution in [-0.2, 0) is 11.2 Å². The van der Waals surface area contributed by atoms with Gasteiger partial charge in [-0.3, -0.25) is 9.69 Å². The fourth-order valence-corrected chi connectivity index (χ4v) is 2.60. The van der Waals surface area contributed by atoms with E-state index in [4.69, 9.17) is 11.6 Å². The molecule has 0 spiro atoms. The van der Waals surface area contributed by atoms with E-state index in [-0.39, 0.29) is 6.04 Å². The van der Waals surface area contributed by atoms with Crippen LogP contribution >= 0.6 is 11.6 Å². The first kappa shape index (κ1) is 13.4. The van der Waals surface area contributed by atoms with Gasteiger partial charge in [-0.25, -0.2) is 0 Å². The smallest absolute Gasteiger partial charge is 0.320 e. The van der Waals surface area contributed by atoms with E-state index < -0.39 is 5.97 Å². The molecule has 1 fully saturated rings. The molecule has 0 aliphatic carbocycles. The summed E-state index contributed by atoms with van der Waals surface area (Å²) in [7, 11) is 0. The highest BCUT2D eigenvalue weighted by Gasteiger charge is 2.27. The number of rotatable bonds is 5. The fourth-order valence-electron chi connectivity index (χ4n) is 2.47. The summed E-state index contributed by atoms with van der Waals surface area (Å²) in [5.74, 6) is -0.703. The van der Waals surface area contributed by atoms with E-state index in [2.05, 4.69) is 4.90 Å². The predicted octanol–water partition coefficient (Wildman–Crippen LogP) is 2.82.